The van der Waals surface area contributed by atoms with Crippen LogP contribution in [-0.4, -0.2) is 48.6 Å². The van der Waals surface area contributed by atoms with Gasteiger partial charge in [-0.2, -0.15) is 4.31 Å². The Morgan fingerprint density at radius 3 is 2.80 bits per heavy atom. The smallest absolute Gasteiger partial charge is 0.292 e. The first-order valence-corrected chi connectivity index (χ1v) is 7.12. The van der Waals surface area contributed by atoms with Crippen LogP contribution in [0.2, 0.25) is 0 Å². The van der Waals surface area contributed by atoms with Crippen molar-refractivity contribution in [3.8, 4) is 0 Å². The first kappa shape index (κ1) is 14.8. The number of aliphatic hydroxyl groups excluding tert-OH is 1. The third-order valence-corrected chi connectivity index (χ3v) is 4.82. The van der Waals surface area contributed by atoms with Gasteiger partial charge in [0.25, 0.3) is 15.7 Å². The molecule has 1 fully saturated rings. The molecule has 0 bridgehead atoms. The zero-order valence-corrected chi connectivity index (χ0v) is 11.0. The summed E-state index contributed by atoms with van der Waals surface area (Å²) >= 11 is 0. The number of nitrogens with one attached hydrogen (secondary N) is 1. The van der Waals surface area contributed by atoms with E-state index < -0.39 is 37.6 Å². The van der Waals surface area contributed by atoms with Crippen molar-refractivity contribution in [2.75, 3.05) is 19.6 Å². The van der Waals surface area contributed by atoms with Crippen molar-refractivity contribution in [1.82, 2.24) is 9.62 Å². The first-order chi connectivity index (χ1) is 9.34. The summed E-state index contributed by atoms with van der Waals surface area (Å²) in [6.07, 6.45) is -1.32. The monoisotopic (exact) mass is 305 g/mol. The summed E-state index contributed by atoms with van der Waals surface area (Å²) in [6.45, 7) is 0.303. The summed E-state index contributed by atoms with van der Waals surface area (Å²) in [5, 5.41) is 23.3. The van der Waals surface area contributed by atoms with E-state index in [1.54, 1.807) is 0 Å². The van der Waals surface area contributed by atoms with Gasteiger partial charge in [0, 0.05) is 19.6 Å². The second-order valence-corrected chi connectivity index (χ2v) is 6.03. The van der Waals surface area contributed by atoms with Crippen molar-refractivity contribution in [3.63, 3.8) is 0 Å². The van der Waals surface area contributed by atoms with Crippen LogP contribution >= 0.6 is 0 Å². The predicted octanol–water partition coefficient (Wildman–Crippen LogP) is -0.354. The average molecular weight is 305 g/mol. The maximum Gasteiger partial charge on any atom is 0.292 e. The fraction of sp³-hybridized carbons (Fsp3) is 0.400. The molecule has 10 heteroatoms. The Bertz CT molecular complexity index is 636. The maximum absolute atomic E-state index is 13.0. The molecule has 8 nitrogen and oxygen atoms in total. The summed E-state index contributed by atoms with van der Waals surface area (Å²) in [6, 6.07) is 2.20. The van der Waals surface area contributed by atoms with Gasteiger partial charge in [0.1, 0.15) is 12.0 Å². The molecule has 1 saturated heterocycles. The molecule has 1 atom stereocenters. The van der Waals surface area contributed by atoms with Gasteiger partial charge in [0.15, 0.2) is 4.90 Å². The number of benzene rings is 1. The van der Waals surface area contributed by atoms with Crippen LogP contribution in [0.3, 0.4) is 0 Å². The van der Waals surface area contributed by atoms with Gasteiger partial charge < -0.3 is 10.4 Å². The van der Waals surface area contributed by atoms with Gasteiger partial charge in [-0.3, -0.25) is 10.1 Å². The lowest BCUT2D eigenvalue weighted by atomic mass is 10.3. The highest BCUT2D eigenvalue weighted by molar-refractivity contribution is 7.89. The lowest BCUT2D eigenvalue weighted by Crippen LogP contribution is -2.53. The fourth-order valence-electron chi connectivity index (χ4n) is 1.93. The number of halogens is 1. The molecule has 2 N–H and O–H groups in total. The van der Waals surface area contributed by atoms with E-state index in [9.17, 15) is 28.0 Å². The van der Waals surface area contributed by atoms with Crippen LogP contribution < -0.4 is 5.32 Å². The van der Waals surface area contributed by atoms with Gasteiger partial charge in [-0.25, -0.2) is 12.8 Å². The molecule has 0 spiro atoms. The van der Waals surface area contributed by atoms with E-state index in [2.05, 4.69) is 5.32 Å². The van der Waals surface area contributed by atoms with Crippen molar-refractivity contribution in [2.24, 2.45) is 0 Å². The Morgan fingerprint density at radius 1 is 1.50 bits per heavy atom. The Labute approximate surface area is 114 Å². The molecule has 0 radical (unpaired) electrons. The van der Waals surface area contributed by atoms with Gasteiger partial charge in [-0.05, 0) is 12.1 Å². The first-order valence-electron chi connectivity index (χ1n) is 5.68. The number of nitro groups is 1. The summed E-state index contributed by atoms with van der Waals surface area (Å²) < 4.78 is 38.5. The van der Waals surface area contributed by atoms with Crippen molar-refractivity contribution in [1.29, 1.82) is 0 Å². The number of sulfonamides is 1. The molecule has 2 rings (SSSR count). The standard InChI is InChI=1S/C10H12FN3O5S/c11-7-1-2-9(8(5-7)14(16)17)20(18,19)13-4-3-12-6-10(13)15/h1-2,5,10,12,15H,3-4,6H2. The fourth-order valence-corrected chi connectivity index (χ4v) is 3.55. The lowest BCUT2D eigenvalue weighted by molar-refractivity contribution is -0.388. The number of piperazine rings is 1. The molecule has 20 heavy (non-hydrogen) atoms. The van der Waals surface area contributed by atoms with Gasteiger partial charge in [-0.15, -0.1) is 0 Å². The summed E-state index contributed by atoms with van der Waals surface area (Å²) in [5.41, 5.74) is -0.851. The highest BCUT2D eigenvalue weighted by atomic mass is 32.2. The van der Waals surface area contributed by atoms with Gasteiger partial charge >= 0.3 is 0 Å². The predicted molar refractivity (Wildman–Crippen MR) is 65.8 cm³/mol. The molecule has 110 valence electrons. The van der Waals surface area contributed by atoms with Crippen LogP contribution in [-0.2, 0) is 10.0 Å². The molecule has 0 saturated carbocycles. The van der Waals surface area contributed by atoms with Crippen LogP contribution in [0, 0.1) is 15.9 Å². The second-order valence-electron chi connectivity index (χ2n) is 4.17. The molecule has 1 aliphatic heterocycles. The van der Waals surface area contributed by atoms with Crippen LogP contribution in [0.25, 0.3) is 0 Å². The lowest BCUT2D eigenvalue weighted by Gasteiger charge is -2.31. The molecule has 0 aliphatic carbocycles. The highest BCUT2D eigenvalue weighted by Crippen LogP contribution is 2.28. The number of β-amino-alcohol motifs (C(OH)–C–C–N with tert-alkyl or cyclic N) is 1. The number of hydrogen-bond donors (Lipinski definition) is 2. The number of rotatable bonds is 3. The van der Waals surface area contributed by atoms with Gasteiger partial charge in [0.05, 0.1) is 11.0 Å². The topological polar surface area (TPSA) is 113 Å². The Kier molecular flexibility index (Phi) is 3.99. The van der Waals surface area contributed by atoms with Gasteiger partial charge in [0.2, 0.25) is 0 Å². The Hall–Kier alpha value is -1.62. The second kappa shape index (κ2) is 5.40. The van der Waals surface area contributed by atoms with Crippen LogP contribution in [0.4, 0.5) is 10.1 Å². The summed E-state index contributed by atoms with van der Waals surface area (Å²) in [5.74, 6) is -0.906. The van der Waals surface area contributed by atoms with E-state index in [1.807, 2.05) is 0 Å². The third-order valence-electron chi connectivity index (χ3n) is 2.87. The number of hydrogen-bond acceptors (Lipinski definition) is 6. The van der Waals surface area contributed by atoms with E-state index in [1.165, 1.54) is 0 Å². The Balaban J connectivity index is 2.51. The van der Waals surface area contributed by atoms with Crippen LogP contribution in [0.1, 0.15) is 0 Å². The average Bonchev–Trinajstić information content (AvgIpc) is 2.38. The molecule has 0 amide bonds. The molecule has 1 aliphatic rings. The summed E-state index contributed by atoms with van der Waals surface area (Å²) in [4.78, 5) is 9.26. The molecule has 1 unspecified atom stereocenters. The SMILES string of the molecule is O=[N+]([O-])c1cc(F)ccc1S(=O)(=O)N1CCNCC1O. The van der Waals surface area contributed by atoms with Crippen molar-refractivity contribution >= 4 is 15.7 Å². The van der Waals surface area contributed by atoms with Crippen LogP contribution in [0.15, 0.2) is 23.1 Å². The van der Waals surface area contributed by atoms with Crippen molar-refractivity contribution in [2.45, 2.75) is 11.1 Å². The van der Waals surface area contributed by atoms with E-state index >= 15 is 0 Å². The van der Waals surface area contributed by atoms with Crippen molar-refractivity contribution in [3.05, 3.63) is 34.1 Å². The van der Waals surface area contributed by atoms with Crippen LogP contribution in [0.5, 0.6) is 0 Å². The quantitative estimate of drug-likeness (QED) is 0.583. The molecule has 1 heterocycles. The zero-order chi connectivity index (χ0) is 14.9. The molecule has 1 aromatic carbocycles. The molecule has 0 aromatic heterocycles. The summed E-state index contributed by atoms with van der Waals surface area (Å²) in [7, 11) is -4.27. The van der Waals surface area contributed by atoms with E-state index in [4.69, 9.17) is 0 Å². The number of nitrogens with zero attached hydrogens (tertiary/aromatic N) is 2. The third kappa shape index (κ3) is 2.63. The molecular formula is C10H12FN3O5S. The maximum atomic E-state index is 13.0. The Morgan fingerprint density at radius 2 is 2.20 bits per heavy atom. The van der Waals surface area contributed by atoms with E-state index in [-0.39, 0.29) is 13.1 Å². The highest BCUT2D eigenvalue weighted by Gasteiger charge is 2.36. The van der Waals surface area contributed by atoms with E-state index in [0.717, 1.165) is 16.4 Å². The van der Waals surface area contributed by atoms with Crippen molar-refractivity contribution < 1.29 is 22.8 Å². The number of nitro benzene ring substituents is 1. The minimum Gasteiger partial charge on any atom is -0.376 e. The van der Waals surface area contributed by atoms with Gasteiger partial charge in [-0.1, -0.05) is 0 Å². The minimum absolute atomic E-state index is 0.0220. The normalized spacial score (nSPS) is 20.8. The largest absolute Gasteiger partial charge is 0.376 e. The minimum atomic E-state index is -4.27. The molecule has 1 aromatic rings. The zero-order valence-electron chi connectivity index (χ0n) is 10.2. The molecular weight excluding hydrogens is 293 g/mol. The van der Waals surface area contributed by atoms with E-state index in [0.29, 0.717) is 12.6 Å². The number of aliphatic hydroxyl groups is 1.